The van der Waals surface area contributed by atoms with Crippen molar-refractivity contribution in [3.05, 3.63) is 0 Å². The average Bonchev–Trinajstić information content (AvgIpc) is 2.24. The number of sulfonamides is 1. The molecule has 0 heterocycles. The third-order valence-corrected chi connectivity index (χ3v) is 3.26. The number of rotatable bonds is 7. The van der Waals surface area contributed by atoms with Gasteiger partial charge in [0.15, 0.2) is 5.96 Å². The highest BCUT2D eigenvalue weighted by Gasteiger charge is 2.04. The van der Waals surface area contributed by atoms with Gasteiger partial charge >= 0.3 is 0 Å². The van der Waals surface area contributed by atoms with Gasteiger partial charge in [0.25, 0.3) is 0 Å². The highest BCUT2D eigenvalue weighted by molar-refractivity contribution is 7.89. The molecule has 0 rings (SSSR count). The summed E-state index contributed by atoms with van der Waals surface area (Å²) in [5.41, 5.74) is 0. The second-order valence-corrected chi connectivity index (χ2v) is 5.95. The zero-order valence-corrected chi connectivity index (χ0v) is 11.9. The van der Waals surface area contributed by atoms with E-state index in [9.17, 15) is 8.42 Å². The van der Waals surface area contributed by atoms with Crippen molar-refractivity contribution in [1.82, 2.24) is 15.4 Å². The summed E-state index contributed by atoms with van der Waals surface area (Å²) >= 11 is 0. The quantitative estimate of drug-likeness (QED) is 0.340. The molecule has 0 saturated carbocycles. The summed E-state index contributed by atoms with van der Waals surface area (Å²) in [6.07, 6.45) is 0. The van der Waals surface area contributed by atoms with Gasteiger partial charge in [0.05, 0.1) is 12.3 Å². The minimum absolute atomic E-state index is 0.0982. The molecule has 0 aromatic carbocycles. The maximum atomic E-state index is 11.2. The lowest BCUT2D eigenvalue weighted by Gasteiger charge is -2.13. The molecule has 0 amide bonds. The van der Waals surface area contributed by atoms with Crippen LogP contribution in [0.4, 0.5) is 0 Å². The standard InChI is InChI=1S/C10H24N4O2S/c1-5-11-10(14-9(3)4)12-7-8-13-17(15,16)6-2/h9,13H,5-8H2,1-4H3,(H2,11,12,14). The molecular weight excluding hydrogens is 240 g/mol. The summed E-state index contributed by atoms with van der Waals surface area (Å²) in [6.45, 7) is 9.15. The van der Waals surface area contributed by atoms with Crippen molar-refractivity contribution < 1.29 is 8.42 Å². The van der Waals surface area contributed by atoms with Crippen LogP contribution in [0.5, 0.6) is 0 Å². The Labute approximate surface area is 104 Å². The maximum absolute atomic E-state index is 11.2. The molecule has 0 aromatic rings. The highest BCUT2D eigenvalue weighted by Crippen LogP contribution is 1.83. The molecule has 0 fully saturated rings. The van der Waals surface area contributed by atoms with Crippen molar-refractivity contribution in [1.29, 1.82) is 0 Å². The van der Waals surface area contributed by atoms with Gasteiger partial charge in [0, 0.05) is 19.1 Å². The van der Waals surface area contributed by atoms with Gasteiger partial charge in [-0.15, -0.1) is 0 Å². The van der Waals surface area contributed by atoms with E-state index in [4.69, 9.17) is 0 Å². The molecule has 0 atom stereocenters. The van der Waals surface area contributed by atoms with E-state index < -0.39 is 10.0 Å². The monoisotopic (exact) mass is 264 g/mol. The first-order chi connectivity index (χ1) is 7.91. The van der Waals surface area contributed by atoms with Crippen molar-refractivity contribution >= 4 is 16.0 Å². The lowest BCUT2D eigenvalue weighted by molar-refractivity contribution is 0.583. The van der Waals surface area contributed by atoms with E-state index in [1.807, 2.05) is 20.8 Å². The predicted octanol–water partition coefficient (Wildman–Crippen LogP) is -0.111. The zero-order valence-electron chi connectivity index (χ0n) is 11.1. The molecule has 0 aromatic heterocycles. The van der Waals surface area contributed by atoms with Gasteiger partial charge in [0.2, 0.25) is 10.0 Å². The highest BCUT2D eigenvalue weighted by atomic mass is 32.2. The number of nitrogens with zero attached hydrogens (tertiary/aromatic N) is 1. The van der Waals surface area contributed by atoms with Crippen LogP contribution in [0.15, 0.2) is 4.99 Å². The van der Waals surface area contributed by atoms with Gasteiger partial charge in [-0.05, 0) is 27.7 Å². The summed E-state index contributed by atoms with van der Waals surface area (Å²) in [4.78, 5) is 4.26. The van der Waals surface area contributed by atoms with E-state index >= 15 is 0 Å². The van der Waals surface area contributed by atoms with Gasteiger partial charge < -0.3 is 10.6 Å². The Balaban J connectivity index is 4.08. The number of nitrogens with one attached hydrogen (secondary N) is 3. The van der Waals surface area contributed by atoms with Crippen LogP contribution in [0.25, 0.3) is 0 Å². The fourth-order valence-corrected chi connectivity index (χ4v) is 1.67. The van der Waals surface area contributed by atoms with Gasteiger partial charge in [-0.2, -0.15) is 0 Å². The van der Waals surface area contributed by atoms with Gasteiger partial charge in [-0.1, -0.05) is 0 Å². The third kappa shape index (κ3) is 8.93. The molecule has 0 unspecified atom stereocenters. The number of hydrogen-bond donors (Lipinski definition) is 3. The number of hydrogen-bond acceptors (Lipinski definition) is 3. The molecule has 0 spiro atoms. The SMILES string of the molecule is CCNC(=NCCNS(=O)(=O)CC)NC(C)C. The summed E-state index contributed by atoms with van der Waals surface area (Å²) in [5, 5.41) is 6.24. The van der Waals surface area contributed by atoms with Crippen molar-refractivity contribution in [3.63, 3.8) is 0 Å². The molecule has 0 aliphatic heterocycles. The molecule has 6 nitrogen and oxygen atoms in total. The Morgan fingerprint density at radius 2 is 1.94 bits per heavy atom. The minimum atomic E-state index is -3.11. The lowest BCUT2D eigenvalue weighted by Crippen LogP contribution is -2.41. The Hall–Kier alpha value is -0.820. The molecule has 3 N–H and O–H groups in total. The summed E-state index contributed by atoms with van der Waals surface area (Å²) < 4.78 is 24.8. The second-order valence-electron chi connectivity index (χ2n) is 3.86. The topological polar surface area (TPSA) is 82.6 Å². The minimum Gasteiger partial charge on any atom is -0.357 e. The van der Waals surface area contributed by atoms with Crippen molar-refractivity contribution in [2.75, 3.05) is 25.4 Å². The molecular formula is C10H24N4O2S. The van der Waals surface area contributed by atoms with Crippen LogP contribution in [-0.2, 0) is 10.0 Å². The van der Waals surface area contributed by atoms with Crippen LogP contribution in [-0.4, -0.2) is 45.8 Å². The fourth-order valence-electron chi connectivity index (χ4n) is 1.06. The van der Waals surface area contributed by atoms with E-state index in [2.05, 4.69) is 20.3 Å². The van der Waals surface area contributed by atoms with Crippen molar-refractivity contribution in [2.45, 2.75) is 33.7 Å². The van der Waals surface area contributed by atoms with E-state index in [0.717, 1.165) is 6.54 Å². The summed E-state index contributed by atoms with van der Waals surface area (Å²) in [5.74, 6) is 0.805. The normalized spacial score (nSPS) is 12.9. The molecule has 0 aliphatic rings. The Morgan fingerprint density at radius 3 is 2.41 bits per heavy atom. The predicted molar refractivity (Wildman–Crippen MR) is 71.7 cm³/mol. The van der Waals surface area contributed by atoms with E-state index in [1.165, 1.54) is 0 Å². The van der Waals surface area contributed by atoms with Crippen molar-refractivity contribution in [3.8, 4) is 0 Å². The van der Waals surface area contributed by atoms with E-state index in [0.29, 0.717) is 25.1 Å². The largest absolute Gasteiger partial charge is 0.357 e. The molecule has 0 bridgehead atoms. The summed E-state index contributed by atoms with van der Waals surface area (Å²) in [7, 11) is -3.11. The molecule has 0 saturated heterocycles. The molecule has 102 valence electrons. The Kier molecular flexibility index (Phi) is 7.90. The first kappa shape index (κ1) is 16.2. The van der Waals surface area contributed by atoms with E-state index in [1.54, 1.807) is 6.92 Å². The number of guanidine groups is 1. The van der Waals surface area contributed by atoms with Crippen LogP contribution >= 0.6 is 0 Å². The molecule has 17 heavy (non-hydrogen) atoms. The first-order valence-electron chi connectivity index (χ1n) is 5.93. The first-order valence-corrected chi connectivity index (χ1v) is 7.58. The number of aliphatic imine (C=N–C) groups is 1. The summed E-state index contributed by atoms with van der Waals surface area (Å²) in [6, 6.07) is 0.292. The van der Waals surface area contributed by atoms with E-state index in [-0.39, 0.29) is 5.75 Å². The molecule has 7 heteroatoms. The van der Waals surface area contributed by atoms with Gasteiger partial charge in [-0.3, -0.25) is 4.99 Å². The lowest BCUT2D eigenvalue weighted by atomic mass is 10.4. The van der Waals surface area contributed by atoms with Crippen LogP contribution in [0.1, 0.15) is 27.7 Å². The maximum Gasteiger partial charge on any atom is 0.211 e. The Morgan fingerprint density at radius 1 is 1.29 bits per heavy atom. The smallest absolute Gasteiger partial charge is 0.211 e. The van der Waals surface area contributed by atoms with Gasteiger partial charge in [0.1, 0.15) is 0 Å². The van der Waals surface area contributed by atoms with Gasteiger partial charge in [-0.25, -0.2) is 13.1 Å². The van der Waals surface area contributed by atoms with Crippen LogP contribution in [0.3, 0.4) is 0 Å². The molecule has 0 radical (unpaired) electrons. The molecule has 0 aliphatic carbocycles. The van der Waals surface area contributed by atoms with Crippen LogP contribution in [0, 0.1) is 0 Å². The zero-order chi connectivity index (χ0) is 13.3. The third-order valence-electron chi connectivity index (χ3n) is 1.85. The van der Waals surface area contributed by atoms with Crippen LogP contribution in [0.2, 0.25) is 0 Å². The Bertz CT molecular complexity index is 325. The average molecular weight is 264 g/mol. The van der Waals surface area contributed by atoms with Crippen LogP contribution < -0.4 is 15.4 Å². The second kappa shape index (κ2) is 8.30. The van der Waals surface area contributed by atoms with Crippen molar-refractivity contribution in [2.24, 2.45) is 4.99 Å². The fraction of sp³-hybridized carbons (Fsp3) is 0.900.